The first-order valence-electron chi connectivity index (χ1n) is 8.78. The second-order valence-electron chi connectivity index (χ2n) is 7.69. The van der Waals surface area contributed by atoms with E-state index in [4.69, 9.17) is 14.2 Å². The number of carbonyl (C=O) groups excluding carboxylic acids is 1. The summed E-state index contributed by atoms with van der Waals surface area (Å²) < 4.78 is 18.5. The Kier molecular flexibility index (Phi) is 3.47. The van der Waals surface area contributed by atoms with Crippen molar-refractivity contribution >= 4 is 5.97 Å². The van der Waals surface area contributed by atoms with Crippen molar-refractivity contribution in [1.82, 2.24) is 0 Å². The van der Waals surface area contributed by atoms with Gasteiger partial charge in [-0.15, -0.1) is 13.2 Å². The largest absolute Gasteiger partial charge is 0.456 e. The van der Waals surface area contributed by atoms with Crippen molar-refractivity contribution < 1.29 is 19.0 Å². The van der Waals surface area contributed by atoms with Crippen molar-refractivity contribution in [3.63, 3.8) is 0 Å². The lowest BCUT2D eigenvalue weighted by molar-refractivity contribution is -0.186. The Morgan fingerprint density at radius 1 is 1.22 bits per heavy atom. The number of rotatable bonds is 5. The normalized spacial score (nSPS) is 49.7. The highest BCUT2D eigenvalue weighted by Crippen LogP contribution is 2.66. The zero-order chi connectivity index (χ0) is 16.2. The molecule has 2 saturated heterocycles. The van der Waals surface area contributed by atoms with E-state index >= 15 is 0 Å². The van der Waals surface area contributed by atoms with E-state index in [-0.39, 0.29) is 23.8 Å². The van der Waals surface area contributed by atoms with Crippen LogP contribution >= 0.6 is 0 Å². The second-order valence-corrected chi connectivity index (χ2v) is 7.69. The number of allylic oxidation sites excluding steroid dienone is 1. The Bertz CT molecular complexity index is 543. The summed E-state index contributed by atoms with van der Waals surface area (Å²) in [6, 6.07) is 0. The van der Waals surface area contributed by atoms with Gasteiger partial charge in [-0.05, 0) is 37.5 Å². The third kappa shape index (κ3) is 2.14. The number of esters is 1. The van der Waals surface area contributed by atoms with Crippen LogP contribution in [0.15, 0.2) is 25.3 Å². The van der Waals surface area contributed by atoms with Crippen LogP contribution in [0.25, 0.3) is 0 Å². The highest BCUT2D eigenvalue weighted by molar-refractivity contribution is 5.67. The molecule has 0 aromatic rings. The molecule has 0 aromatic carbocycles. The molecule has 0 bridgehead atoms. The van der Waals surface area contributed by atoms with E-state index in [2.05, 4.69) is 13.2 Å². The lowest BCUT2D eigenvalue weighted by Crippen LogP contribution is -2.55. The van der Waals surface area contributed by atoms with Gasteiger partial charge in [-0.1, -0.05) is 12.2 Å². The second kappa shape index (κ2) is 5.18. The zero-order valence-corrected chi connectivity index (χ0v) is 13.8. The van der Waals surface area contributed by atoms with E-state index in [1.165, 1.54) is 6.92 Å². The van der Waals surface area contributed by atoms with Crippen LogP contribution in [0.1, 0.15) is 45.4 Å². The van der Waals surface area contributed by atoms with Gasteiger partial charge < -0.3 is 14.2 Å². The Morgan fingerprint density at radius 3 is 2.70 bits per heavy atom. The fourth-order valence-corrected chi connectivity index (χ4v) is 5.72. The molecule has 4 fully saturated rings. The minimum atomic E-state index is -0.498. The molecule has 4 rings (SSSR count). The van der Waals surface area contributed by atoms with Gasteiger partial charge in [0.25, 0.3) is 0 Å². The Labute approximate surface area is 137 Å². The van der Waals surface area contributed by atoms with Crippen LogP contribution < -0.4 is 0 Å². The van der Waals surface area contributed by atoms with Gasteiger partial charge in [0.2, 0.25) is 0 Å². The van der Waals surface area contributed by atoms with Gasteiger partial charge in [0.1, 0.15) is 11.2 Å². The minimum Gasteiger partial charge on any atom is -0.456 e. The first kappa shape index (κ1) is 15.4. The van der Waals surface area contributed by atoms with Crippen molar-refractivity contribution in [3.8, 4) is 0 Å². The van der Waals surface area contributed by atoms with Crippen LogP contribution in [0, 0.1) is 11.8 Å². The molecule has 0 N–H and O–H groups in total. The monoisotopic (exact) mass is 318 g/mol. The predicted molar refractivity (Wildman–Crippen MR) is 85.8 cm³/mol. The number of epoxide rings is 1. The van der Waals surface area contributed by atoms with Crippen molar-refractivity contribution in [3.05, 3.63) is 25.3 Å². The van der Waals surface area contributed by atoms with Crippen LogP contribution in [0.2, 0.25) is 0 Å². The van der Waals surface area contributed by atoms with Gasteiger partial charge in [-0.3, -0.25) is 4.79 Å². The van der Waals surface area contributed by atoms with Gasteiger partial charge in [0.05, 0.1) is 18.3 Å². The summed E-state index contributed by atoms with van der Waals surface area (Å²) in [5.74, 6) is 0.643. The summed E-state index contributed by atoms with van der Waals surface area (Å²) in [5.41, 5.74) is -0.876. The molecular weight excluding hydrogens is 292 g/mol. The average molecular weight is 318 g/mol. The summed E-state index contributed by atoms with van der Waals surface area (Å²) in [6.07, 6.45) is 9.94. The van der Waals surface area contributed by atoms with Crippen molar-refractivity contribution in [1.29, 1.82) is 0 Å². The van der Waals surface area contributed by atoms with E-state index < -0.39 is 5.60 Å². The summed E-state index contributed by atoms with van der Waals surface area (Å²) in [4.78, 5) is 11.9. The highest BCUT2D eigenvalue weighted by Gasteiger charge is 2.75. The molecule has 0 aromatic heterocycles. The number of fused-ring (bicyclic) bond motifs is 1. The summed E-state index contributed by atoms with van der Waals surface area (Å²) in [7, 11) is 0. The fourth-order valence-electron chi connectivity index (χ4n) is 5.72. The maximum absolute atomic E-state index is 11.9. The smallest absolute Gasteiger partial charge is 0.303 e. The molecule has 0 amide bonds. The van der Waals surface area contributed by atoms with Crippen LogP contribution in [0.3, 0.4) is 0 Å². The summed E-state index contributed by atoms with van der Waals surface area (Å²) in [5, 5.41) is 0. The summed E-state index contributed by atoms with van der Waals surface area (Å²) in [6.45, 7) is 9.28. The molecule has 126 valence electrons. The SMILES string of the molecule is C=CC[C@@H]1C[C@@]2(OC(C)=O)C[C@@H](CC=C)[C@H]3C[C@H]4O[C@H]4C[C@@]32O1. The van der Waals surface area contributed by atoms with E-state index in [9.17, 15) is 4.79 Å². The molecular formula is C19H26O4. The standard InChI is InChI=1S/C19H26O4/c1-4-6-13-9-18(22-12(3)20)10-14(7-5-2)23-19(18)11-17-16(21-17)8-15(13)19/h4-5,13-17H,1-2,6-11H2,3H3/t13-,14-,15-,16-,17+,18+,19-/m1/s1. The van der Waals surface area contributed by atoms with Gasteiger partial charge >= 0.3 is 5.97 Å². The number of hydrogen-bond donors (Lipinski definition) is 0. The molecule has 0 radical (unpaired) electrons. The van der Waals surface area contributed by atoms with Crippen molar-refractivity contribution in [2.75, 3.05) is 0 Å². The molecule has 4 nitrogen and oxygen atoms in total. The quantitative estimate of drug-likeness (QED) is 0.444. The number of carbonyl (C=O) groups is 1. The molecule has 0 unspecified atom stereocenters. The van der Waals surface area contributed by atoms with E-state index in [0.29, 0.717) is 17.9 Å². The fraction of sp³-hybridized carbons (Fsp3) is 0.737. The Morgan fingerprint density at radius 2 is 2.00 bits per heavy atom. The van der Waals surface area contributed by atoms with Gasteiger partial charge in [-0.2, -0.15) is 0 Å². The maximum Gasteiger partial charge on any atom is 0.303 e. The molecule has 2 heterocycles. The van der Waals surface area contributed by atoms with Gasteiger partial charge in [0, 0.05) is 19.8 Å². The molecule has 23 heavy (non-hydrogen) atoms. The van der Waals surface area contributed by atoms with E-state index in [1.54, 1.807) is 0 Å². The molecule has 2 saturated carbocycles. The van der Waals surface area contributed by atoms with Gasteiger partial charge in [0.15, 0.2) is 0 Å². The maximum atomic E-state index is 11.9. The summed E-state index contributed by atoms with van der Waals surface area (Å²) >= 11 is 0. The first-order valence-corrected chi connectivity index (χ1v) is 8.78. The lowest BCUT2D eigenvalue weighted by atomic mass is 9.70. The minimum absolute atomic E-state index is 0.0920. The molecule has 1 spiro atoms. The lowest BCUT2D eigenvalue weighted by Gasteiger charge is -2.43. The predicted octanol–water partition coefficient (Wildman–Crippen LogP) is 3.17. The van der Waals surface area contributed by atoms with Crippen LogP contribution in [-0.2, 0) is 19.0 Å². The van der Waals surface area contributed by atoms with Crippen molar-refractivity contribution in [2.24, 2.45) is 11.8 Å². The Balaban J connectivity index is 1.73. The molecule has 4 aliphatic rings. The van der Waals surface area contributed by atoms with Crippen LogP contribution in [0.5, 0.6) is 0 Å². The molecule has 4 heteroatoms. The third-order valence-corrected chi connectivity index (χ3v) is 6.38. The molecule has 2 aliphatic heterocycles. The molecule has 2 aliphatic carbocycles. The van der Waals surface area contributed by atoms with Crippen molar-refractivity contribution in [2.45, 2.75) is 75.0 Å². The van der Waals surface area contributed by atoms with Gasteiger partial charge in [-0.25, -0.2) is 0 Å². The highest BCUT2D eigenvalue weighted by atomic mass is 16.6. The number of ether oxygens (including phenoxy) is 3. The number of hydrogen-bond acceptors (Lipinski definition) is 4. The van der Waals surface area contributed by atoms with E-state index in [1.807, 2.05) is 12.2 Å². The zero-order valence-electron chi connectivity index (χ0n) is 13.8. The average Bonchev–Trinajstić information content (AvgIpc) is 3.10. The molecule has 7 atom stereocenters. The van der Waals surface area contributed by atoms with E-state index in [0.717, 1.165) is 38.5 Å². The first-order chi connectivity index (χ1) is 11.0. The van der Waals surface area contributed by atoms with Crippen LogP contribution in [-0.4, -0.2) is 35.5 Å². The van der Waals surface area contributed by atoms with Crippen LogP contribution in [0.4, 0.5) is 0 Å². The topological polar surface area (TPSA) is 48.1 Å². The Hall–Kier alpha value is -1.13. The third-order valence-electron chi connectivity index (χ3n) is 6.38.